The number of rotatable bonds is 0. The van der Waals surface area contributed by atoms with Crippen LogP contribution >= 0.6 is 23.2 Å². The van der Waals surface area contributed by atoms with Gasteiger partial charge in [-0.2, -0.15) is 4.73 Å². The molecule has 1 aromatic heterocycles. The minimum Gasteiger partial charge on any atom is -0.617 e. The molecular formula is C8H4Cl2N2O. The van der Waals surface area contributed by atoms with Crippen LogP contribution in [0.25, 0.3) is 11.0 Å². The van der Waals surface area contributed by atoms with E-state index in [2.05, 4.69) is 4.98 Å². The van der Waals surface area contributed by atoms with Crippen LogP contribution in [-0.2, 0) is 0 Å². The Morgan fingerprint density at radius 2 is 1.92 bits per heavy atom. The molecule has 0 atom stereocenters. The molecule has 0 unspecified atom stereocenters. The van der Waals surface area contributed by atoms with Crippen molar-refractivity contribution in [2.45, 2.75) is 0 Å². The molecule has 0 fully saturated rings. The Labute approximate surface area is 84.1 Å². The zero-order chi connectivity index (χ0) is 9.42. The minimum atomic E-state index is -0.0969. The van der Waals surface area contributed by atoms with Gasteiger partial charge in [0.25, 0.3) is 0 Å². The van der Waals surface area contributed by atoms with Gasteiger partial charge in [0.1, 0.15) is 5.52 Å². The average Bonchev–Trinajstić information content (AvgIpc) is 2.15. The average molecular weight is 215 g/mol. The molecule has 2 aromatic rings. The molecule has 0 radical (unpaired) electrons. The zero-order valence-corrected chi connectivity index (χ0v) is 7.88. The Bertz CT molecular complexity index is 473. The van der Waals surface area contributed by atoms with Crippen molar-refractivity contribution in [2.24, 2.45) is 0 Å². The Balaban J connectivity index is 2.94. The molecule has 13 heavy (non-hydrogen) atoms. The molecule has 0 aliphatic carbocycles. The van der Waals surface area contributed by atoms with Crippen LogP contribution in [0.4, 0.5) is 0 Å². The predicted molar refractivity (Wildman–Crippen MR) is 50.7 cm³/mol. The summed E-state index contributed by atoms with van der Waals surface area (Å²) in [7, 11) is 0. The first-order valence-electron chi connectivity index (χ1n) is 3.53. The lowest BCUT2D eigenvalue weighted by Crippen LogP contribution is -2.29. The first-order valence-corrected chi connectivity index (χ1v) is 4.29. The number of hydrogen-bond donors (Lipinski definition) is 0. The molecule has 0 aliphatic heterocycles. The van der Waals surface area contributed by atoms with E-state index < -0.39 is 0 Å². The summed E-state index contributed by atoms with van der Waals surface area (Å²) in [6, 6.07) is 6.85. The second kappa shape index (κ2) is 3.01. The van der Waals surface area contributed by atoms with Crippen LogP contribution in [0.5, 0.6) is 0 Å². The molecule has 1 heterocycles. The number of halogens is 2. The molecule has 0 saturated heterocycles. The van der Waals surface area contributed by atoms with E-state index in [9.17, 15) is 5.21 Å². The molecule has 2 rings (SSSR count). The van der Waals surface area contributed by atoms with Gasteiger partial charge in [-0.3, -0.25) is 0 Å². The van der Waals surface area contributed by atoms with Crippen molar-refractivity contribution >= 4 is 34.2 Å². The predicted octanol–water partition coefficient (Wildman–Crippen LogP) is 2.17. The standard InChI is InChI=1S/C8H4Cl2N2O/c9-7-8(10)12(13)6-4-2-1-3-5(6)11-7/h1-4H. The van der Waals surface area contributed by atoms with E-state index in [0.29, 0.717) is 15.8 Å². The van der Waals surface area contributed by atoms with Crippen LogP contribution in [0.15, 0.2) is 24.3 Å². The maximum absolute atomic E-state index is 11.4. The molecule has 0 saturated carbocycles. The normalized spacial score (nSPS) is 10.6. The quantitative estimate of drug-likeness (QED) is 0.499. The fourth-order valence-electron chi connectivity index (χ4n) is 1.07. The van der Waals surface area contributed by atoms with Crippen molar-refractivity contribution in [3.63, 3.8) is 0 Å². The molecule has 0 amide bonds. The van der Waals surface area contributed by atoms with Crippen LogP contribution in [0, 0.1) is 5.21 Å². The Hall–Kier alpha value is -1.06. The van der Waals surface area contributed by atoms with Gasteiger partial charge in [0.2, 0.25) is 10.7 Å². The first kappa shape index (κ1) is 8.53. The highest BCUT2D eigenvalue weighted by atomic mass is 35.5. The van der Waals surface area contributed by atoms with Crippen LogP contribution in [0.3, 0.4) is 0 Å². The Kier molecular flexibility index (Phi) is 1.98. The molecule has 0 bridgehead atoms. The smallest absolute Gasteiger partial charge is 0.324 e. The third kappa shape index (κ3) is 1.30. The molecule has 0 N–H and O–H groups in total. The lowest BCUT2D eigenvalue weighted by Gasteiger charge is -2.02. The summed E-state index contributed by atoms with van der Waals surface area (Å²) in [5.41, 5.74) is 0.948. The molecule has 3 nitrogen and oxygen atoms in total. The van der Waals surface area contributed by atoms with Gasteiger partial charge in [0, 0.05) is 6.07 Å². The van der Waals surface area contributed by atoms with E-state index in [0.717, 1.165) is 0 Å². The largest absolute Gasteiger partial charge is 0.617 e. The van der Waals surface area contributed by atoms with Gasteiger partial charge in [-0.05, 0) is 17.7 Å². The second-order valence-corrected chi connectivity index (χ2v) is 3.19. The summed E-state index contributed by atoms with van der Waals surface area (Å²) in [4.78, 5) is 3.95. The SMILES string of the molecule is [O-][n+]1c(Cl)c(Cl)nc2ccccc21. The van der Waals surface area contributed by atoms with Gasteiger partial charge >= 0.3 is 5.15 Å². The number of aromatic nitrogens is 2. The molecule has 0 spiro atoms. The summed E-state index contributed by atoms with van der Waals surface area (Å²) in [5.74, 6) is 0. The third-order valence-corrected chi connectivity index (χ3v) is 2.36. The van der Waals surface area contributed by atoms with Crippen LogP contribution in [0.1, 0.15) is 0 Å². The van der Waals surface area contributed by atoms with Crippen molar-refractivity contribution in [3.05, 3.63) is 39.8 Å². The third-order valence-electron chi connectivity index (χ3n) is 1.67. The molecular weight excluding hydrogens is 211 g/mol. The van der Waals surface area contributed by atoms with E-state index in [1.807, 2.05) is 0 Å². The fraction of sp³-hybridized carbons (Fsp3) is 0. The number of fused-ring (bicyclic) bond motifs is 1. The van der Waals surface area contributed by atoms with Crippen molar-refractivity contribution in [2.75, 3.05) is 0 Å². The number of nitrogens with zero attached hydrogens (tertiary/aromatic N) is 2. The van der Waals surface area contributed by atoms with Crippen molar-refractivity contribution in [3.8, 4) is 0 Å². The first-order chi connectivity index (χ1) is 6.20. The van der Waals surface area contributed by atoms with Gasteiger partial charge in [-0.25, -0.2) is 4.98 Å². The summed E-state index contributed by atoms with van der Waals surface area (Å²) in [5, 5.41) is 11.3. The zero-order valence-electron chi connectivity index (χ0n) is 6.37. The maximum Gasteiger partial charge on any atom is 0.324 e. The molecule has 1 aromatic carbocycles. The second-order valence-electron chi connectivity index (χ2n) is 2.48. The molecule has 66 valence electrons. The number of para-hydroxylation sites is 2. The highest BCUT2D eigenvalue weighted by Gasteiger charge is 2.14. The van der Waals surface area contributed by atoms with Gasteiger partial charge in [0.05, 0.1) is 0 Å². The van der Waals surface area contributed by atoms with Crippen LogP contribution in [0.2, 0.25) is 10.3 Å². The van der Waals surface area contributed by atoms with Gasteiger partial charge in [-0.1, -0.05) is 23.7 Å². The Morgan fingerprint density at radius 1 is 1.23 bits per heavy atom. The van der Waals surface area contributed by atoms with Gasteiger partial charge in [0.15, 0.2) is 0 Å². The summed E-state index contributed by atoms with van der Waals surface area (Å²) in [6.45, 7) is 0. The lowest BCUT2D eigenvalue weighted by atomic mass is 10.3. The summed E-state index contributed by atoms with van der Waals surface area (Å²) < 4.78 is 0.562. The van der Waals surface area contributed by atoms with Crippen molar-refractivity contribution in [1.29, 1.82) is 0 Å². The number of hydrogen-bond acceptors (Lipinski definition) is 2. The van der Waals surface area contributed by atoms with Crippen LogP contribution < -0.4 is 4.73 Å². The highest BCUT2D eigenvalue weighted by Crippen LogP contribution is 2.18. The Morgan fingerprint density at radius 3 is 2.69 bits per heavy atom. The van der Waals surface area contributed by atoms with Crippen molar-refractivity contribution < 1.29 is 4.73 Å². The fourth-order valence-corrected chi connectivity index (χ4v) is 1.37. The number of benzene rings is 1. The maximum atomic E-state index is 11.4. The van der Waals surface area contributed by atoms with E-state index in [4.69, 9.17) is 23.2 Å². The van der Waals surface area contributed by atoms with Gasteiger partial charge in [-0.15, -0.1) is 0 Å². The topological polar surface area (TPSA) is 39.8 Å². The molecule has 0 aliphatic rings. The summed E-state index contributed by atoms with van der Waals surface area (Å²) >= 11 is 11.2. The highest BCUT2D eigenvalue weighted by molar-refractivity contribution is 6.39. The monoisotopic (exact) mass is 214 g/mol. The van der Waals surface area contributed by atoms with E-state index in [1.54, 1.807) is 24.3 Å². The minimum absolute atomic E-state index is 0.0235. The van der Waals surface area contributed by atoms with E-state index in [-0.39, 0.29) is 10.3 Å². The van der Waals surface area contributed by atoms with E-state index in [1.165, 1.54) is 0 Å². The van der Waals surface area contributed by atoms with Crippen LogP contribution in [-0.4, -0.2) is 4.98 Å². The molecule has 5 heteroatoms. The van der Waals surface area contributed by atoms with Crippen molar-refractivity contribution in [1.82, 2.24) is 4.98 Å². The summed E-state index contributed by atoms with van der Waals surface area (Å²) in [6.07, 6.45) is 0. The van der Waals surface area contributed by atoms with Gasteiger partial charge < -0.3 is 5.21 Å². The van der Waals surface area contributed by atoms with E-state index >= 15 is 0 Å². The lowest BCUT2D eigenvalue weighted by molar-refractivity contribution is -0.574.